The van der Waals surface area contributed by atoms with Crippen molar-refractivity contribution in [2.75, 3.05) is 72.0 Å². The fourth-order valence-electron chi connectivity index (χ4n) is 10.1. The second-order valence-corrected chi connectivity index (χ2v) is 20.0. The first-order valence-corrected chi connectivity index (χ1v) is 22.5. The lowest BCUT2D eigenvalue weighted by Crippen LogP contribution is -2.58. The number of piperidine rings is 1. The number of β-amino-alcohol motifs (C(OH)–C–C–N with tert-alkyl or cyclic N) is 1. The van der Waals surface area contributed by atoms with Crippen LogP contribution in [-0.4, -0.2) is 113 Å². The Labute approximate surface area is 335 Å². The first-order valence-electron chi connectivity index (χ1n) is 20.6. The topological polar surface area (TPSA) is 112 Å². The second-order valence-electron chi connectivity index (χ2n) is 17.6. The molecule has 306 valence electrons. The number of anilines is 1. The second kappa shape index (κ2) is 17.6. The molecule has 1 amide bonds. The highest BCUT2D eigenvalue weighted by molar-refractivity contribution is 7.90. The van der Waals surface area contributed by atoms with Crippen molar-refractivity contribution in [3.63, 3.8) is 0 Å². The third-order valence-corrected chi connectivity index (χ3v) is 16.0. The van der Waals surface area contributed by atoms with E-state index in [4.69, 9.17) is 21.1 Å². The maximum absolute atomic E-state index is 13.7. The van der Waals surface area contributed by atoms with Crippen molar-refractivity contribution in [1.82, 2.24) is 14.5 Å². The molecule has 6 rings (SSSR count). The minimum atomic E-state index is -3.97. The molecular weight excluding hydrogens is 736 g/mol. The molecule has 4 aliphatic rings. The zero-order valence-electron chi connectivity index (χ0n) is 34.0. The number of halogens is 1. The Balaban J connectivity index is 1.35. The fraction of sp³-hybridized carbons (Fsp3) is 0.698. The number of fused-ring (bicyclic) bond motifs is 4. The molecule has 1 saturated heterocycles. The van der Waals surface area contributed by atoms with Gasteiger partial charge in [0.2, 0.25) is 10.0 Å². The molecule has 6 atom stereocenters. The van der Waals surface area contributed by atoms with E-state index in [1.807, 2.05) is 13.0 Å². The summed E-state index contributed by atoms with van der Waals surface area (Å²) in [6, 6.07) is 12.0. The van der Waals surface area contributed by atoms with Crippen molar-refractivity contribution in [3.05, 3.63) is 58.1 Å². The smallest absolute Gasteiger partial charge is 0.264 e. The summed E-state index contributed by atoms with van der Waals surface area (Å²) in [5, 5.41) is 12.9. The van der Waals surface area contributed by atoms with Crippen LogP contribution in [0, 0.1) is 17.8 Å². The zero-order chi connectivity index (χ0) is 39.5. The van der Waals surface area contributed by atoms with Crippen molar-refractivity contribution < 1.29 is 27.8 Å². The summed E-state index contributed by atoms with van der Waals surface area (Å²) in [7, 11) is 1.60. The number of likely N-dealkylation sites (N-methyl/N-ethyl adjacent to an activating group) is 1. The summed E-state index contributed by atoms with van der Waals surface area (Å²) in [6.45, 7) is 11.4. The molecule has 2 fully saturated rings. The van der Waals surface area contributed by atoms with Gasteiger partial charge >= 0.3 is 0 Å². The largest absolute Gasteiger partial charge is 0.495 e. The predicted octanol–water partition coefficient (Wildman–Crippen LogP) is 6.52. The highest BCUT2D eigenvalue weighted by atomic mass is 35.5. The summed E-state index contributed by atoms with van der Waals surface area (Å²) in [5.74, 6) is 0.107. The van der Waals surface area contributed by atoms with Gasteiger partial charge in [0, 0.05) is 55.3 Å². The van der Waals surface area contributed by atoms with E-state index in [9.17, 15) is 18.3 Å². The van der Waals surface area contributed by atoms with Crippen molar-refractivity contribution in [1.29, 1.82) is 0 Å². The number of nitrogens with one attached hydrogen (secondary N) is 1. The van der Waals surface area contributed by atoms with Crippen LogP contribution < -0.4 is 14.4 Å². The van der Waals surface area contributed by atoms with Crippen LogP contribution in [0.1, 0.15) is 100 Å². The van der Waals surface area contributed by atoms with E-state index in [1.54, 1.807) is 39.3 Å². The molecule has 2 heterocycles. The van der Waals surface area contributed by atoms with Crippen molar-refractivity contribution in [2.45, 2.75) is 107 Å². The molecule has 0 spiro atoms. The minimum Gasteiger partial charge on any atom is -0.495 e. The van der Waals surface area contributed by atoms with Gasteiger partial charge in [0.25, 0.3) is 5.91 Å². The maximum atomic E-state index is 13.7. The van der Waals surface area contributed by atoms with Gasteiger partial charge in [-0.3, -0.25) is 4.79 Å². The van der Waals surface area contributed by atoms with Crippen molar-refractivity contribution in [3.8, 4) is 5.75 Å². The molecule has 2 aliphatic heterocycles. The number of sulfonamides is 1. The van der Waals surface area contributed by atoms with Crippen LogP contribution in [-0.2, 0) is 26.6 Å². The van der Waals surface area contributed by atoms with Gasteiger partial charge in [0.15, 0.2) is 0 Å². The van der Waals surface area contributed by atoms with E-state index in [0.29, 0.717) is 50.7 Å². The van der Waals surface area contributed by atoms with Gasteiger partial charge in [0.1, 0.15) is 5.75 Å². The van der Waals surface area contributed by atoms with Crippen LogP contribution >= 0.6 is 11.6 Å². The number of hydrogen-bond donors (Lipinski definition) is 2. The fourth-order valence-corrected chi connectivity index (χ4v) is 11.6. The standard InChI is InChI=1S/C43H65ClN4O6S/c1-30-9-7-20-43(50,29-47-21-17-36(18-22-47)46(4)23-24-53-5)38-14-11-34(38)27-48(28-42(3)19-8-10-32-25-35(44)13-15-37(32)42)39-26-33(12-16-40(39)54-6)41(49)45-55(51,52)31(30)2/h12-13,15-16,25-26,30-31,34,36,38,50H,7-11,14,17-24,27-29H2,1-6H3,(H,45,49)/t30-,31+,34-,38+,42-,43+/m0/s1. The molecule has 2 aromatic rings. The number of likely N-dealkylation sites (tertiary alicyclic amines) is 1. The number of aryl methyl sites for hydroxylation is 1. The van der Waals surface area contributed by atoms with Gasteiger partial charge in [-0.15, -0.1) is 0 Å². The van der Waals surface area contributed by atoms with Crippen LogP contribution in [0.25, 0.3) is 0 Å². The molecule has 10 nitrogen and oxygen atoms in total. The van der Waals surface area contributed by atoms with Crippen LogP contribution in [0.15, 0.2) is 36.4 Å². The van der Waals surface area contributed by atoms with Crippen LogP contribution in [0.4, 0.5) is 5.69 Å². The number of hydrogen-bond acceptors (Lipinski definition) is 9. The molecule has 12 heteroatoms. The summed E-state index contributed by atoms with van der Waals surface area (Å²) in [5.41, 5.74) is 2.46. The maximum Gasteiger partial charge on any atom is 0.264 e. The Hall–Kier alpha value is -2.41. The summed E-state index contributed by atoms with van der Waals surface area (Å²) >= 11 is 6.48. The Bertz CT molecular complexity index is 1750. The molecule has 1 saturated carbocycles. The SMILES string of the molecule is COCCN(C)C1CCN(C[C@]2(O)CCC[C@H](C)[C@@H](C)S(=O)(=O)NC(=O)c3ccc(OC)c(c3)N(C[C@]3(C)CCCc4cc(Cl)ccc43)C[C@@H]3CC[C@H]32)CC1. The van der Waals surface area contributed by atoms with Gasteiger partial charge in [-0.25, -0.2) is 13.1 Å². The highest BCUT2D eigenvalue weighted by Crippen LogP contribution is 2.48. The zero-order valence-corrected chi connectivity index (χ0v) is 35.6. The van der Waals surface area contributed by atoms with Gasteiger partial charge in [-0.05, 0) is 144 Å². The van der Waals surface area contributed by atoms with E-state index in [-0.39, 0.29) is 28.7 Å². The number of carbonyl (C=O) groups is 1. The molecule has 0 radical (unpaired) electrons. The van der Waals surface area contributed by atoms with Crippen LogP contribution in [0.2, 0.25) is 5.02 Å². The van der Waals surface area contributed by atoms with E-state index in [2.05, 4.69) is 45.5 Å². The van der Waals surface area contributed by atoms with Gasteiger partial charge < -0.3 is 29.3 Å². The number of benzene rings is 2. The predicted molar refractivity (Wildman–Crippen MR) is 221 cm³/mol. The third-order valence-electron chi connectivity index (χ3n) is 13.9. The Morgan fingerprint density at radius 3 is 2.45 bits per heavy atom. The lowest BCUT2D eigenvalue weighted by molar-refractivity contribution is -0.109. The average molecular weight is 802 g/mol. The quantitative estimate of drug-likeness (QED) is 0.293. The van der Waals surface area contributed by atoms with Crippen LogP contribution in [0.5, 0.6) is 5.75 Å². The number of amides is 1. The Kier molecular flexibility index (Phi) is 13.5. The molecule has 2 aliphatic carbocycles. The first kappa shape index (κ1) is 42.2. The number of nitrogens with zero attached hydrogens (tertiary/aromatic N) is 3. The Morgan fingerprint density at radius 1 is 1.00 bits per heavy atom. The lowest BCUT2D eigenvalue weighted by atomic mass is 9.62. The van der Waals surface area contributed by atoms with E-state index < -0.39 is 26.8 Å². The minimum absolute atomic E-state index is 0.0872. The highest BCUT2D eigenvalue weighted by Gasteiger charge is 2.49. The van der Waals surface area contributed by atoms with Gasteiger partial charge in [0.05, 0.1) is 30.3 Å². The van der Waals surface area contributed by atoms with E-state index in [1.165, 1.54) is 11.1 Å². The van der Waals surface area contributed by atoms with Crippen molar-refractivity contribution in [2.24, 2.45) is 17.8 Å². The number of methoxy groups -OCH3 is 2. The normalized spacial score (nSPS) is 30.9. The monoisotopic (exact) mass is 800 g/mol. The molecule has 0 aromatic heterocycles. The summed E-state index contributed by atoms with van der Waals surface area (Å²) in [4.78, 5) is 20.9. The number of rotatable bonds is 9. The molecule has 2 N–H and O–H groups in total. The van der Waals surface area contributed by atoms with Crippen molar-refractivity contribution >= 4 is 33.2 Å². The molecular formula is C43H65ClN4O6S. The summed E-state index contributed by atoms with van der Waals surface area (Å²) in [6.07, 6.45) is 9.03. The first-order chi connectivity index (χ1) is 26.2. The van der Waals surface area contributed by atoms with E-state index in [0.717, 1.165) is 81.9 Å². The third kappa shape index (κ3) is 9.50. The molecule has 0 unspecified atom stereocenters. The molecule has 2 aromatic carbocycles. The average Bonchev–Trinajstić information content (AvgIpc) is 3.14. The Morgan fingerprint density at radius 2 is 1.76 bits per heavy atom. The van der Waals surface area contributed by atoms with Gasteiger partial charge in [-0.2, -0.15) is 0 Å². The molecule has 2 bridgehead atoms. The number of ether oxygens (including phenoxy) is 2. The number of aliphatic hydroxyl groups is 1. The lowest BCUT2D eigenvalue weighted by Gasteiger charge is -2.52. The van der Waals surface area contributed by atoms with Crippen LogP contribution in [0.3, 0.4) is 0 Å². The summed E-state index contributed by atoms with van der Waals surface area (Å²) < 4.78 is 41.0. The van der Waals surface area contributed by atoms with E-state index >= 15 is 0 Å². The number of carbonyl (C=O) groups excluding carboxylic acids is 1. The molecule has 55 heavy (non-hydrogen) atoms. The van der Waals surface area contributed by atoms with Gasteiger partial charge in [-0.1, -0.05) is 37.9 Å².